The number of piperidine rings is 1. The summed E-state index contributed by atoms with van der Waals surface area (Å²) in [4.78, 5) is 26.8. The minimum absolute atomic E-state index is 0.00477. The predicted molar refractivity (Wildman–Crippen MR) is 115 cm³/mol. The number of amides is 1. The highest BCUT2D eigenvalue weighted by atomic mass is 127. The van der Waals surface area contributed by atoms with Gasteiger partial charge in [-0.05, 0) is 72.0 Å². The lowest BCUT2D eigenvalue weighted by molar-refractivity contribution is -0.384. The van der Waals surface area contributed by atoms with Crippen LogP contribution in [0.1, 0.15) is 41.0 Å². The van der Waals surface area contributed by atoms with E-state index < -0.39 is 4.92 Å². The number of nitrogens with one attached hydrogen (secondary N) is 1. The zero-order valence-corrected chi connectivity index (χ0v) is 18.0. The first-order chi connectivity index (χ1) is 13.0. The molecule has 1 atom stereocenters. The van der Waals surface area contributed by atoms with E-state index in [2.05, 4.69) is 28.6 Å². The normalized spacial score (nSPS) is 16.8. The summed E-state index contributed by atoms with van der Waals surface area (Å²) in [5.74, 6) is 0.558. The number of nitro groups is 1. The average molecular weight is 499 g/mol. The SMILES string of the molecule is CC1CCN(C(CNC(=O)c2ccc([N+](=O)[O-])cc2I)c2cccs2)CC1. The number of non-ortho nitro benzene ring substituents is 1. The van der Waals surface area contributed by atoms with Crippen molar-refractivity contribution in [1.82, 2.24) is 10.2 Å². The van der Waals surface area contributed by atoms with Crippen LogP contribution in [0.4, 0.5) is 5.69 Å². The van der Waals surface area contributed by atoms with E-state index in [1.807, 2.05) is 28.7 Å². The number of thiophene rings is 1. The fourth-order valence-electron chi connectivity index (χ4n) is 3.32. The number of hydrogen-bond donors (Lipinski definition) is 1. The Bertz CT molecular complexity index is 805. The van der Waals surface area contributed by atoms with Gasteiger partial charge in [-0.2, -0.15) is 0 Å². The van der Waals surface area contributed by atoms with Gasteiger partial charge in [0.1, 0.15) is 0 Å². The third kappa shape index (κ3) is 5.05. The molecule has 1 aliphatic rings. The lowest BCUT2D eigenvalue weighted by Crippen LogP contribution is -2.41. The zero-order chi connectivity index (χ0) is 19.4. The molecule has 1 fully saturated rings. The van der Waals surface area contributed by atoms with Gasteiger partial charge in [-0.25, -0.2) is 0 Å². The van der Waals surface area contributed by atoms with Gasteiger partial charge in [0.15, 0.2) is 0 Å². The molecule has 1 unspecified atom stereocenters. The Kier molecular flexibility index (Phi) is 6.83. The number of rotatable bonds is 6. The molecule has 3 rings (SSSR count). The third-order valence-electron chi connectivity index (χ3n) is 4.99. The molecule has 0 radical (unpaired) electrons. The maximum atomic E-state index is 12.7. The van der Waals surface area contributed by atoms with Gasteiger partial charge < -0.3 is 5.32 Å². The summed E-state index contributed by atoms with van der Waals surface area (Å²) in [6, 6.07) is 8.66. The van der Waals surface area contributed by atoms with Crippen LogP contribution in [0.2, 0.25) is 0 Å². The monoisotopic (exact) mass is 499 g/mol. The van der Waals surface area contributed by atoms with Crippen molar-refractivity contribution < 1.29 is 9.72 Å². The molecule has 2 aromatic rings. The number of likely N-dealkylation sites (tertiary alicyclic amines) is 1. The van der Waals surface area contributed by atoms with Gasteiger partial charge in [-0.15, -0.1) is 11.3 Å². The van der Waals surface area contributed by atoms with E-state index in [1.54, 1.807) is 11.3 Å². The molecule has 8 heteroatoms. The Hall–Kier alpha value is -1.52. The average Bonchev–Trinajstić information content (AvgIpc) is 3.17. The highest BCUT2D eigenvalue weighted by molar-refractivity contribution is 14.1. The van der Waals surface area contributed by atoms with Crippen molar-refractivity contribution in [2.45, 2.75) is 25.8 Å². The van der Waals surface area contributed by atoms with Crippen LogP contribution in [-0.2, 0) is 0 Å². The first kappa shape index (κ1) is 20.2. The minimum atomic E-state index is -0.450. The summed E-state index contributed by atoms with van der Waals surface area (Å²) in [5.41, 5.74) is 0.466. The van der Waals surface area contributed by atoms with Crippen LogP contribution >= 0.6 is 33.9 Å². The van der Waals surface area contributed by atoms with Gasteiger partial charge in [0.2, 0.25) is 0 Å². The van der Waals surface area contributed by atoms with Gasteiger partial charge in [0.05, 0.1) is 16.5 Å². The van der Waals surface area contributed by atoms with E-state index in [4.69, 9.17) is 0 Å². The van der Waals surface area contributed by atoms with Crippen molar-refractivity contribution in [2.75, 3.05) is 19.6 Å². The Morgan fingerprint density at radius 1 is 1.41 bits per heavy atom. The van der Waals surface area contributed by atoms with Gasteiger partial charge in [0, 0.05) is 27.1 Å². The van der Waals surface area contributed by atoms with Crippen LogP contribution in [0.15, 0.2) is 35.7 Å². The van der Waals surface area contributed by atoms with Gasteiger partial charge in [0.25, 0.3) is 11.6 Å². The van der Waals surface area contributed by atoms with Crippen LogP contribution in [0.25, 0.3) is 0 Å². The fraction of sp³-hybridized carbons (Fsp3) is 0.421. The summed E-state index contributed by atoms with van der Waals surface area (Å²) in [7, 11) is 0. The summed E-state index contributed by atoms with van der Waals surface area (Å²) in [6.45, 7) is 4.89. The molecule has 2 heterocycles. The highest BCUT2D eigenvalue weighted by Crippen LogP contribution is 2.29. The number of benzene rings is 1. The van der Waals surface area contributed by atoms with Crippen LogP contribution < -0.4 is 5.32 Å². The molecule has 1 aromatic carbocycles. The largest absolute Gasteiger partial charge is 0.350 e. The molecular formula is C19H22IN3O3S. The van der Waals surface area contributed by atoms with Crippen molar-refractivity contribution in [1.29, 1.82) is 0 Å². The molecule has 0 bridgehead atoms. The third-order valence-corrected chi connectivity index (χ3v) is 6.86. The topological polar surface area (TPSA) is 75.5 Å². The molecular weight excluding hydrogens is 477 g/mol. The van der Waals surface area contributed by atoms with Crippen molar-refractivity contribution in [3.63, 3.8) is 0 Å². The van der Waals surface area contributed by atoms with Gasteiger partial charge in [-0.3, -0.25) is 19.8 Å². The van der Waals surface area contributed by atoms with E-state index in [0.29, 0.717) is 15.7 Å². The summed E-state index contributed by atoms with van der Waals surface area (Å²) < 4.78 is 0.582. The van der Waals surface area contributed by atoms with E-state index in [1.165, 1.54) is 35.9 Å². The molecule has 1 aliphatic heterocycles. The molecule has 1 amide bonds. The number of halogens is 1. The van der Waals surface area contributed by atoms with Crippen molar-refractivity contribution >= 4 is 45.5 Å². The molecule has 0 spiro atoms. The highest BCUT2D eigenvalue weighted by Gasteiger charge is 2.26. The van der Waals surface area contributed by atoms with E-state index in [-0.39, 0.29) is 17.6 Å². The predicted octanol–water partition coefficient (Wildman–Crippen LogP) is 4.46. The van der Waals surface area contributed by atoms with Crippen LogP contribution in [0, 0.1) is 19.6 Å². The minimum Gasteiger partial charge on any atom is -0.350 e. The Morgan fingerprint density at radius 3 is 2.74 bits per heavy atom. The number of carbonyl (C=O) groups excluding carboxylic acids is 1. The van der Waals surface area contributed by atoms with Crippen LogP contribution in [0.5, 0.6) is 0 Å². The maximum Gasteiger partial charge on any atom is 0.270 e. The maximum absolute atomic E-state index is 12.7. The number of nitro benzene ring substituents is 1. The molecule has 1 N–H and O–H groups in total. The molecule has 6 nitrogen and oxygen atoms in total. The second kappa shape index (κ2) is 9.11. The second-order valence-electron chi connectivity index (χ2n) is 6.88. The quantitative estimate of drug-likeness (QED) is 0.362. The molecule has 0 aliphatic carbocycles. The molecule has 1 saturated heterocycles. The summed E-state index contributed by atoms with van der Waals surface area (Å²) >= 11 is 3.69. The second-order valence-corrected chi connectivity index (χ2v) is 9.02. The Morgan fingerprint density at radius 2 is 2.15 bits per heavy atom. The van der Waals surface area contributed by atoms with Crippen LogP contribution in [-0.4, -0.2) is 35.4 Å². The molecule has 0 saturated carbocycles. The standard InChI is InChI=1S/C19H22IN3O3S/c1-13-6-8-22(9-7-13)17(18-3-2-10-27-18)12-21-19(24)15-5-4-14(23(25)26)11-16(15)20/h2-5,10-11,13,17H,6-9,12H2,1H3,(H,21,24). The molecule has 144 valence electrons. The van der Waals surface area contributed by atoms with Crippen molar-refractivity contribution in [3.8, 4) is 0 Å². The molecule has 1 aromatic heterocycles. The zero-order valence-electron chi connectivity index (χ0n) is 15.1. The smallest absolute Gasteiger partial charge is 0.270 e. The van der Waals surface area contributed by atoms with Crippen LogP contribution in [0.3, 0.4) is 0 Å². The lowest BCUT2D eigenvalue weighted by atomic mass is 9.97. The van der Waals surface area contributed by atoms with E-state index >= 15 is 0 Å². The summed E-state index contributed by atoms with van der Waals surface area (Å²) in [5, 5.41) is 16.0. The number of hydrogen-bond acceptors (Lipinski definition) is 5. The van der Waals surface area contributed by atoms with E-state index in [9.17, 15) is 14.9 Å². The summed E-state index contributed by atoms with van der Waals surface area (Å²) in [6.07, 6.45) is 2.35. The van der Waals surface area contributed by atoms with E-state index in [0.717, 1.165) is 19.0 Å². The lowest BCUT2D eigenvalue weighted by Gasteiger charge is -2.36. The van der Waals surface area contributed by atoms with Gasteiger partial charge in [-0.1, -0.05) is 13.0 Å². The Balaban J connectivity index is 1.70. The first-order valence-corrected chi connectivity index (χ1v) is 10.9. The van der Waals surface area contributed by atoms with Crippen molar-refractivity contribution in [3.05, 3.63) is 59.8 Å². The van der Waals surface area contributed by atoms with Gasteiger partial charge >= 0.3 is 0 Å². The first-order valence-electron chi connectivity index (χ1n) is 8.95. The molecule has 27 heavy (non-hydrogen) atoms. The fourth-order valence-corrected chi connectivity index (χ4v) is 4.92. The Labute approximate surface area is 176 Å². The number of carbonyl (C=O) groups is 1. The number of nitrogens with zero attached hydrogens (tertiary/aromatic N) is 2. The van der Waals surface area contributed by atoms with Crippen molar-refractivity contribution in [2.24, 2.45) is 5.92 Å².